The molecular weight excluding hydrogens is 260 g/mol. The van der Waals surface area contributed by atoms with Crippen molar-refractivity contribution in [2.45, 2.75) is 31.3 Å². The Kier molecular flexibility index (Phi) is 3.55. The van der Waals surface area contributed by atoms with Crippen molar-refractivity contribution in [2.24, 2.45) is 5.92 Å². The third-order valence-electron chi connectivity index (χ3n) is 4.85. The zero-order valence-electron chi connectivity index (χ0n) is 11.8. The third-order valence-corrected chi connectivity index (χ3v) is 4.85. The molecule has 0 aliphatic carbocycles. The lowest BCUT2D eigenvalue weighted by atomic mass is 9.89. The zero-order chi connectivity index (χ0) is 14.3. The van der Waals surface area contributed by atoms with Crippen LogP contribution in [0.4, 0.5) is 4.79 Å². The number of hydrazine groups is 1. The molecule has 7 heteroatoms. The maximum atomic E-state index is 12.4. The van der Waals surface area contributed by atoms with Crippen molar-refractivity contribution < 1.29 is 14.7 Å². The van der Waals surface area contributed by atoms with Gasteiger partial charge in [0.05, 0.1) is 5.92 Å². The summed E-state index contributed by atoms with van der Waals surface area (Å²) in [4.78, 5) is 27.6. The number of carbonyl (C=O) groups excluding carboxylic acids is 1. The number of nitrogens with one attached hydrogen (secondary N) is 1. The van der Waals surface area contributed by atoms with Crippen molar-refractivity contribution in [3.8, 4) is 0 Å². The number of carboxylic acids is 1. The second-order valence-electron chi connectivity index (χ2n) is 6.09. The molecule has 20 heavy (non-hydrogen) atoms. The fraction of sp³-hybridized carbons (Fsp3) is 0.846. The van der Waals surface area contributed by atoms with Gasteiger partial charge in [0.15, 0.2) is 0 Å². The molecule has 0 spiro atoms. The molecule has 3 unspecified atom stereocenters. The van der Waals surface area contributed by atoms with E-state index in [1.54, 1.807) is 4.90 Å². The predicted molar refractivity (Wildman–Crippen MR) is 72.0 cm³/mol. The minimum absolute atomic E-state index is 0.105. The summed E-state index contributed by atoms with van der Waals surface area (Å²) in [6, 6.07) is -0.135. The van der Waals surface area contributed by atoms with Crippen LogP contribution >= 0.6 is 0 Å². The molecule has 2 N–H and O–H groups in total. The van der Waals surface area contributed by atoms with Crippen molar-refractivity contribution in [3.63, 3.8) is 0 Å². The average molecular weight is 282 g/mol. The number of rotatable bonds is 2. The van der Waals surface area contributed by atoms with E-state index in [0.717, 1.165) is 39.0 Å². The average Bonchev–Trinajstić information content (AvgIpc) is 2.99. The summed E-state index contributed by atoms with van der Waals surface area (Å²) in [5.74, 6) is -1.15. The minimum Gasteiger partial charge on any atom is -0.481 e. The van der Waals surface area contributed by atoms with Crippen LogP contribution in [0.2, 0.25) is 0 Å². The van der Waals surface area contributed by atoms with E-state index in [2.05, 4.69) is 17.4 Å². The summed E-state index contributed by atoms with van der Waals surface area (Å²) in [5.41, 5.74) is 2.94. The summed E-state index contributed by atoms with van der Waals surface area (Å²) in [5, 5.41) is 11.2. The largest absolute Gasteiger partial charge is 0.481 e. The number of fused-ring (bicyclic) bond motifs is 2. The van der Waals surface area contributed by atoms with Crippen molar-refractivity contribution in [1.29, 1.82) is 0 Å². The first kappa shape index (κ1) is 13.6. The van der Waals surface area contributed by atoms with Gasteiger partial charge >= 0.3 is 12.0 Å². The second-order valence-corrected chi connectivity index (χ2v) is 6.09. The molecule has 2 amide bonds. The van der Waals surface area contributed by atoms with Crippen molar-refractivity contribution in [2.75, 3.05) is 33.2 Å². The first-order valence-electron chi connectivity index (χ1n) is 7.31. The van der Waals surface area contributed by atoms with E-state index in [9.17, 15) is 14.7 Å². The van der Waals surface area contributed by atoms with Crippen LogP contribution in [0.15, 0.2) is 0 Å². The standard InChI is InChI=1S/C13H22N4O3/c1-15-4-6-16(7-5-15)14-13(20)17-9-2-3-11(17)10(8-9)12(18)19/h9-11H,2-8H2,1H3,(H,14,20)(H,18,19). The first-order chi connectivity index (χ1) is 9.56. The van der Waals surface area contributed by atoms with Crippen LogP contribution in [0.25, 0.3) is 0 Å². The SMILES string of the molecule is CN1CCN(NC(=O)N2C3CCC2C(C(=O)O)C3)CC1. The Bertz CT molecular complexity index is 408. The Labute approximate surface area is 118 Å². The highest BCUT2D eigenvalue weighted by atomic mass is 16.4. The number of amides is 2. The third kappa shape index (κ3) is 2.35. The van der Waals surface area contributed by atoms with Crippen LogP contribution in [0.3, 0.4) is 0 Å². The molecule has 0 aromatic rings. The van der Waals surface area contributed by atoms with Crippen LogP contribution in [0.1, 0.15) is 19.3 Å². The molecule has 3 atom stereocenters. The normalized spacial score (nSPS) is 34.5. The molecule has 112 valence electrons. The molecule has 0 radical (unpaired) electrons. The predicted octanol–water partition coefficient (Wildman–Crippen LogP) is -0.204. The summed E-state index contributed by atoms with van der Waals surface area (Å²) in [6.45, 7) is 3.50. The summed E-state index contributed by atoms with van der Waals surface area (Å²) in [6.07, 6.45) is 2.36. The lowest BCUT2D eigenvalue weighted by molar-refractivity contribution is -0.142. The van der Waals surface area contributed by atoms with Gasteiger partial charge in [-0.1, -0.05) is 0 Å². The number of carbonyl (C=O) groups is 2. The summed E-state index contributed by atoms with van der Waals surface area (Å²) < 4.78 is 0. The zero-order valence-corrected chi connectivity index (χ0v) is 11.8. The van der Waals surface area contributed by atoms with Crippen LogP contribution in [0.5, 0.6) is 0 Å². The number of hydrogen-bond acceptors (Lipinski definition) is 4. The molecule has 3 heterocycles. The van der Waals surface area contributed by atoms with Crippen molar-refractivity contribution in [3.05, 3.63) is 0 Å². The molecule has 0 saturated carbocycles. The maximum Gasteiger partial charge on any atom is 0.332 e. The molecular formula is C13H22N4O3. The van der Waals surface area contributed by atoms with E-state index in [-0.39, 0.29) is 24.0 Å². The van der Waals surface area contributed by atoms with Gasteiger partial charge in [-0.25, -0.2) is 9.80 Å². The van der Waals surface area contributed by atoms with E-state index in [1.807, 2.05) is 5.01 Å². The second kappa shape index (κ2) is 5.21. The Morgan fingerprint density at radius 2 is 1.85 bits per heavy atom. The molecule has 3 aliphatic heterocycles. The van der Waals surface area contributed by atoms with Gasteiger partial charge in [-0.2, -0.15) is 0 Å². The molecule has 3 aliphatic rings. The molecule has 3 saturated heterocycles. The first-order valence-corrected chi connectivity index (χ1v) is 7.31. The molecule has 0 aromatic heterocycles. The van der Waals surface area contributed by atoms with E-state index < -0.39 is 5.97 Å². The van der Waals surface area contributed by atoms with Gasteiger partial charge in [0.25, 0.3) is 0 Å². The quantitative estimate of drug-likeness (QED) is 0.733. The number of likely N-dealkylation sites (N-methyl/N-ethyl adjacent to an activating group) is 1. The number of urea groups is 1. The molecule has 3 fully saturated rings. The smallest absolute Gasteiger partial charge is 0.332 e. The number of hydrogen-bond donors (Lipinski definition) is 2. The van der Waals surface area contributed by atoms with Crippen LogP contribution in [0, 0.1) is 5.92 Å². The van der Waals surface area contributed by atoms with Crippen LogP contribution < -0.4 is 5.43 Å². The number of nitrogens with zero attached hydrogens (tertiary/aromatic N) is 3. The molecule has 2 bridgehead atoms. The Hall–Kier alpha value is -1.34. The van der Waals surface area contributed by atoms with Gasteiger partial charge in [0.2, 0.25) is 0 Å². The fourth-order valence-corrected chi connectivity index (χ4v) is 3.68. The van der Waals surface area contributed by atoms with E-state index in [0.29, 0.717) is 6.42 Å². The van der Waals surface area contributed by atoms with Gasteiger partial charge < -0.3 is 14.9 Å². The molecule has 0 aromatic carbocycles. The Morgan fingerprint density at radius 1 is 1.15 bits per heavy atom. The van der Waals surface area contributed by atoms with Crippen molar-refractivity contribution >= 4 is 12.0 Å². The highest BCUT2D eigenvalue weighted by molar-refractivity contribution is 5.79. The topological polar surface area (TPSA) is 76.1 Å². The van der Waals surface area contributed by atoms with Gasteiger partial charge in [-0.15, -0.1) is 0 Å². The van der Waals surface area contributed by atoms with Gasteiger partial charge in [0.1, 0.15) is 0 Å². The lowest BCUT2D eigenvalue weighted by Gasteiger charge is -2.34. The molecule has 3 rings (SSSR count). The van der Waals surface area contributed by atoms with Crippen molar-refractivity contribution in [1.82, 2.24) is 20.2 Å². The Balaban J connectivity index is 1.59. The van der Waals surface area contributed by atoms with Gasteiger partial charge in [0, 0.05) is 38.3 Å². The molecule has 7 nitrogen and oxygen atoms in total. The van der Waals surface area contributed by atoms with E-state index in [4.69, 9.17) is 0 Å². The Morgan fingerprint density at radius 3 is 2.45 bits per heavy atom. The number of piperazine rings is 1. The summed E-state index contributed by atoms with van der Waals surface area (Å²) >= 11 is 0. The van der Waals surface area contributed by atoms with Gasteiger partial charge in [-0.05, 0) is 26.3 Å². The van der Waals surface area contributed by atoms with Crippen LogP contribution in [-0.4, -0.2) is 77.2 Å². The number of carboxylic acid groups (broad SMARTS) is 1. The highest BCUT2D eigenvalue weighted by Gasteiger charge is 2.51. The lowest BCUT2D eigenvalue weighted by Crippen LogP contribution is -2.56. The maximum absolute atomic E-state index is 12.4. The monoisotopic (exact) mass is 282 g/mol. The van der Waals surface area contributed by atoms with Crippen LogP contribution in [-0.2, 0) is 4.79 Å². The fourth-order valence-electron chi connectivity index (χ4n) is 3.68. The number of aliphatic carboxylic acids is 1. The minimum atomic E-state index is -0.769. The summed E-state index contributed by atoms with van der Waals surface area (Å²) in [7, 11) is 2.07. The highest BCUT2D eigenvalue weighted by Crippen LogP contribution is 2.41. The van der Waals surface area contributed by atoms with Gasteiger partial charge in [-0.3, -0.25) is 10.2 Å². The van der Waals surface area contributed by atoms with E-state index in [1.165, 1.54) is 0 Å². The van der Waals surface area contributed by atoms with E-state index >= 15 is 0 Å².